The van der Waals surface area contributed by atoms with Crippen LogP contribution in [0, 0.1) is 0 Å². The molecule has 1 amide bonds. The van der Waals surface area contributed by atoms with Crippen molar-refractivity contribution in [2.24, 2.45) is 0 Å². The van der Waals surface area contributed by atoms with Crippen LogP contribution in [0.3, 0.4) is 0 Å². The normalized spacial score (nSPS) is 17.4. The topological polar surface area (TPSA) is 99.7 Å². The molecular formula is C14H17BrN2O5. The maximum Gasteiger partial charge on any atom is 0.305 e. The molecule has 7 nitrogen and oxygen atoms in total. The number of halogens is 1. The molecule has 22 heavy (non-hydrogen) atoms. The molecule has 1 saturated heterocycles. The zero-order chi connectivity index (χ0) is 16.1. The summed E-state index contributed by atoms with van der Waals surface area (Å²) in [4.78, 5) is 38.6. The van der Waals surface area contributed by atoms with Gasteiger partial charge in [-0.15, -0.1) is 0 Å². The maximum absolute atomic E-state index is 12.5. The molecule has 0 saturated carbocycles. The Morgan fingerprint density at radius 3 is 2.86 bits per heavy atom. The van der Waals surface area contributed by atoms with Gasteiger partial charge in [0.1, 0.15) is 0 Å². The molecule has 0 aromatic carbocycles. The Balaban J connectivity index is 2.13. The summed E-state index contributed by atoms with van der Waals surface area (Å²) in [5, 5.41) is 8.83. The zero-order valence-electron chi connectivity index (χ0n) is 11.9. The number of nitrogens with zero attached hydrogens (tertiary/aromatic N) is 1. The van der Waals surface area contributed by atoms with Crippen LogP contribution in [0.15, 0.2) is 21.5 Å². The number of carbonyl (C=O) groups is 2. The van der Waals surface area contributed by atoms with Gasteiger partial charge in [0, 0.05) is 25.9 Å². The predicted octanol–water partition coefficient (Wildman–Crippen LogP) is 1.23. The Labute approximate surface area is 135 Å². The van der Waals surface area contributed by atoms with E-state index in [1.165, 1.54) is 17.2 Å². The number of nitrogens with one attached hydrogen (secondary N) is 1. The molecule has 0 spiro atoms. The lowest BCUT2D eigenvalue weighted by atomic mass is 10.2. The van der Waals surface area contributed by atoms with Gasteiger partial charge in [-0.2, -0.15) is 0 Å². The summed E-state index contributed by atoms with van der Waals surface area (Å²) in [7, 11) is 0. The van der Waals surface area contributed by atoms with Crippen molar-refractivity contribution in [3.8, 4) is 0 Å². The Morgan fingerprint density at radius 2 is 2.27 bits per heavy atom. The number of aliphatic carboxylic acids is 1. The van der Waals surface area contributed by atoms with Crippen molar-refractivity contribution >= 4 is 27.8 Å². The molecule has 0 radical (unpaired) electrons. The zero-order valence-corrected chi connectivity index (χ0v) is 13.5. The van der Waals surface area contributed by atoms with Crippen LogP contribution in [0.4, 0.5) is 0 Å². The molecule has 2 rings (SSSR count). The number of hydrogen-bond acceptors (Lipinski definition) is 4. The lowest BCUT2D eigenvalue weighted by Gasteiger charge is -2.25. The summed E-state index contributed by atoms with van der Waals surface area (Å²) < 4.78 is 5.77. The number of carboxylic acids is 1. The first-order valence-corrected chi connectivity index (χ1v) is 7.77. The van der Waals surface area contributed by atoms with Gasteiger partial charge in [-0.25, -0.2) is 0 Å². The Morgan fingerprint density at radius 1 is 1.50 bits per heavy atom. The van der Waals surface area contributed by atoms with Crippen LogP contribution in [0.5, 0.6) is 0 Å². The van der Waals surface area contributed by atoms with Crippen molar-refractivity contribution in [3.63, 3.8) is 0 Å². The molecule has 1 aliphatic rings. The van der Waals surface area contributed by atoms with Gasteiger partial charge in [0.25, 0.3) is 11.5 Å². The SMILES string of the molecule is O=C(O)CCN(C[C@@H]1CCCO1)C(=O)c1c[nH]c(=O)c(Br)c1. The minimum atomic E-state index is -0.965. The number of pyridine rings is 1. The first-order valence-electron chi connectivity index (χ1n) is 6.98. The number of ether oxygens (including phenoxy) is 1. The van der Waals surface area contributed by atoms with E-state index in [4.69, 9.17) is 9.84 Å². The second-order valence-corrected chi connectivity index (χ2v) is 5.95. The van der Waals surface area contributed by atoms with Gasteiger partial charge in [-0.1, -0.05) is 0 Å². The van der Waals surface area contributed by atoms with Crippen molar-refractivity contribution in [1.82, 2.24) is 9.88 Å². The number of carbonyl (C=O) groups excluding carboxylic acids is 1. The summed E-state index contributed by atoms with van der Waals surface area (Å²) in [6.07, 6.45) is 2.92. The molecule has 1 atom stereocenters. The third-order valence-corrected chi connectivity index (χ3v) is 4.02. The number of hydrogen-bond donors (Lipinski definition) is 2. The van der Waals surface area contributed by atoms with Gasteiger partial charge in [0.05, 0.1) is 22.6 Å². The molecule has 1 aromatic heterocycles. The Hall–Kier alpha value is -1.67. The van der Waals surface area contributed by atoms with E-state index in [1.807, 2.05) is 0 Å². The molecule has 8 heteroatoms. The van der Waals surface area contributed by atoms with E-state index in [-0.39, 0.29) is 35.0 Å². The quantitative estimate of drug-likeness (QED) is 0.782. The third-order valence-electron chi connectivity index (χ3n) is 3.44. The van der Waals surface area contributed by atoms with E-state index in [0.29, 0.717) is 18.7 Å². The van der Waals surface area contributed by atoms with Crippen LogP contribution in [-0.2, 0) is 9.53 Å². The minimum absolute atomic E-state index is 0.0658. The summed E-state index contributed by atoms with van der Waals surface area (Å²) in [6, 6.07) is 1.43. The average molecular weight is 373 g/mol. The standard InChI is InChI=1S/C14H17BrN2O5/c15-11-6-9(7-16-13(11)20)14(21)17(4-3-12(18)19)8-10-2-1-5-22-10/h6-7,10H,1-5,8H2,(H,16,20)(H,18,19)/t10-/m0/s1. The molecular weight excluding hydrogens is 356 g/mol. The highest BCUT2D eigenvalue weighted by molar-refractivity contribution is 9.10. The number of carboxylic acid groups (broad SMARTS) is 1. The summed E-state index contributed by atoms with van der Waals surface area (Å²) in [5.74, 6) is -1.29. The second-order valence-electron chi connectivity index (χ2n) is 5.10. The first-order chi connectivity index (χ1) is 10.5. The minimum Gasteiger partial charge on any atom is -0.481 e. The fourth-order valence-corrected chi connectivity index (χ4v) is 2.66. The molecule has 0 unspecified atom stereocenters. The van der Waals surface area contributed by atoms with E-state index >= 15 is 0 Å². The van der Waals surface area contributed by atoms with Gasteiger partial charge in [0.15, 0.2) is 0 Å². The molecule has 0 bridgehead atoms. The van der Waals surface area contributed by atoms with Gasteiger partial charge in [-0.05, 0) is 34.8 Å². The molecule has 1 aromatic rings. The van der Waals surface area contributed by atoms with E-state index in [1.54, 1.807) is 0 Å². The monoisotopic (exact) mass is 372 g/mol. The van der Waals surface area contributed by atoms with Crippen molar-refractivity contribution in [2.45, 2.75) is 25.4 Å². The fraction of sp³-hybridized carbons (Fsp3) is 0.500. The Bertz CT molecular complexity index is 609. The van der Waals surface area contributed by atoms with Crippen molar-refractivity contribution in [3.05, 3.63) is 32.7 Å². The van der Waals surface area contributed by atoms with Gasteiger partial charge in [0.2, 0.25) is 0 Å². The number of aromatic amines is 1. The fourth-order valence-electron chi connectivity index (χ4n) is 2.30. The summed E-state index contributed by atoms with van der Waals surface area (Å²) in [6.45, 7) is 1.11. The number of rotatable bonds is 6. The highest BCUT2D eigenvalue weighted by Crippen LogP contribution is 2.16. The Kier molecular flexibility index (Phi) is 5.73. The van der Waals surface area contributed by atoms with Crippen LogP contribution in [-0.4, -0.2) is 52.7 Å². The largest absolute Gasteiger partial charge is 0.481 e. The second kappa shape index (κ2) is 7.55. The van der Waals surface area contributed by atoms with Gasteiger partial charge in [-0.3, -0.25) is 14.4 Å². The lowest BCUT2D eigenvalue weighted by Crippen LogP contribution is -2.39. The smallest absolute Gasteiger partial charge is 0.305 e. The van der Waals surface area contributed by atoms with E-state index < -0.39 is 5.97 Å². The molecule has 1 fully saturated rings. The van der Waals surface area contributed by atoms with Crippen molar-refractivity contribution in [1.29, 1.82) is 0 Å². The van der Waals surface area contributed by atoms with Crippen LogP contribution in [0.25, 0.3) is 0 Å². The average Bonchev–Trinajstić information content (AvgIpc) is 2.98. The van der Waals surface area contributed by atoms with Crippen molar-refractivity contribution in [2.75, 3.05) is 19.7 Å². The number of aromatic nitrogens is 1. The highest BCUT2D eigenvalue weighted by atomic mass is 79.9. The maximum atomic E-state index is 12.5. The third kappa shape index (κ3) is 4.41. The van der Waals surface area contributed by atoms with Gasteiger partial charge < -0.3 is 19.7 Å². The van der Waals surface area contributed by atoms with Crippen LogP contribution < -0.4 is 5.56 Å². The van der Waals surface area contributed by atoms with E-state index in [2.05, 4.69) is 20.9 Å². The van der Waals surface area contributed by atoms with E-state index in [9.17, 15) is 14.4 Å². The first kappa shape index (κ1) is 16.7. The van der Waals surface area contributed by atoms with E-state index in [0.717, 1.165) is 12.8 Å². The highest BCUT2D eigenvalue weighted by Gasteiger charge is 2.24. The van der Waals surface area contributed by atoms with Crippen LogP contribution >= 0.6 is 15.9 Å². The van der Waals surface area contributed by atoms with Crippen LogP contribution in [0.2, 0.25) is 0 Å². The van der Waals surface area contributed by atoms with Crippen LogP contribution in [0.1, 0.15) is 29.6 Å². The lowest BCUT2D eigenvalue weighted by molar-refractivity contribution is -0.137. The summed E-state index contributed by atoms with van der Waals surface area (Å²) >= 11 is 3.08. The van der Waals surface area contributed by atoms with Crippen molar-refractivity contribution < 1.29 is 19.4 Å². The molecule has 2 N–H and O–H groups in total. The predicted molar refractivity (Wildman–Crippen MR) is 81.9 cm³/mol. The van der Waals surface area contributed by atoms with Gasteiger partial charge >= 0.3 is 5.97 Å². The molecule has 1 aliphatic heterocycles. The number of amides is 1. The molecule has 0 aliphatic carbocycles. The number of H-pyrrole nitrogens is 1. The summed E-state index contributed by atoms with van der Waals surface area (Å²) in [5.41, 5.74) is -0.0253. The molecule has 2 heterocycles. The molecule has 120 valence electrons.